The summed E-state index contributed by atoms with van der Waals surface area (Å²) in [5, 5.41) is 0. The molecule has 0 saturated heterocycles. The Morgan fingerprint density at radius 3 is 2.30 bits per heavy atom. The molecule has 0 aromatic rings. The van der Waals surface area contributed by atoms with Crippen molar-refractivity contribution in [3.8, 4) is 0 Å². The molecule has 0 amide bonds. The maximum Gasteiger partial charge on any atom is 0.0572 e. The predicted molar refractivity (Wildman–Crippen MR) is 40.4 cm³/mol. The first kappa shape index (κ1) is 7.98. The molecule has 0 heterocycles. The van der Waals surface area contributed by atoms with Gasteiger partial charge in [0.2, 0.25) is 0 Å². The van der Waals surface area contributed by atoms with Gasteiger partial charge in [0.05, 0.1) is 6.10 Å². The van der Waals surface area contributed by atoms with Gasteiger partial charge in [-0.2, -0.15) is 0 Å². The van der Waals surface area contributed by atoms with Gasteiger partial charge in [-0.3, -0.25) is 11.3 Å². The van der Waals surface area contributed by atoms with E-state index in [1.807, 2.05) is 0 Å². The van der Waals surface area contributed by atoms with Gasteiger partial charge >= 0.3 is 0 Å². The van der Waals surface area contributed by atoms with Crippen LogP contribution in [0, 0.1) is 0 Å². The molecule has 1 saturated carbocycles. The van der Waals surface area contributed by atoms with Gasteiger partial charge in [0.1, 0.15) is 0 Å². The van der Waals surface area contributed by atoms with E-state index < -0.39 is 0 Å². The molecule has 3 heteroatoms. The summed E-state index contributed by atoms with van der Waals surface area (Å²) < 4.78 is 5.22. The molecule has 1 aliphatic rings. The number of rotatable bonds is 2. The summed E-state index contributed by atoms with van der Waals surface area (Å²) in [6.07, 6.45) is 5.06. The van der Waals surface area contributed by atoms with E-state index in [2.05, 4.69) is 5.43 Å². The maximum absolute atomic E-state index is 5.30. The van der Waals surface area contributed by atoms with Crippen LogP contribution in [0.1, 0.15) is 25.7 Å². The molecular weight excluding hydrogens is 128 g/mol. The fourth-order valence-electron chi connectivity index (χ4n) is 1.47. The number of hydrazine groups is 1. The maximum atomic E-state index is 5.30. The highest BCUT2D eigenvalue weighted by Gasteiger charge is 2.18. The van der Waals surface area contributed by atoms with Crippen molar-refractivity contribution in [3.63, 3.8) is 0 Å². The largest absolute Gasteiger partial charge is 0.381 e. The molecule has 60 valence electrons. The van der Waals surface area contributed by atoms with Gasteiger partial charge in [-0.25, -0.2) is 0 Å². The van der Waals surface area contributed by atoms with Gasteiger partial charge in [-0.05, 0) is 25.7 Å². The molecule has 0 unspecified atom stereocenters. The standard InChI is InChI=1S/C7H16N2O/c1-10-7-4-2-6(9-8)3-5-7/h6-7,9H,2-5,8H2,1H3/t6-,7-. The average Bonchev–Trinajstić information content (AvgIpc) is 2.05. The first-order chi connectivity index (χ1) is 4.86. The van der Waals surface area contributed by atoms with E-state index in [-0.39, 0.29) is 0 Å². The topological polar surface area (TPSA) is 47.3 Å². The lowest BCUT2D eigenvalue weighted by atomic mass is 9.93. The van der Waals surface area contributed by atoms with Crippen LogP contribution in [0.2, 0.25) is 0 Å². The summed E-state index contributed by atoms with van der Waals surface area (Å²) in [6.45, 7) is 0. The quantitative estimate of drug-likeness (QED) is 0.436. The third-order valence-corrected chi connectivity index (χ3v) is 2.24. The molecule has 3 N–H and O–H groups in total. The molecule has 0 spiro atoms. The van der Waals surface area contributed by atoms with E-state index >= 15 is 0 Å². The summed E-state index contributed by atoms with van der Waals surface area (Å²) in [5.41, 5.74) is 2.79. The SMILES string of the molecule is CO[C@H]1CC[C@H](NN)CC1. The smallest absolute Gasteiger partial charge is 0.0572 e. The van der Waals surface area contributed by atoms with Crippen LogP contribution in [0.3, 0.4) is 0 Å². The van der Waals surface area contributed by atoms with Gasteiger partial charge < -0.3 is 4.74 Å². The fourth-order valence-corrected chi connectivity index (χ4v) is 1.47. The zero-order valence-electron chi connectivity index (χ0n) is 6.47. The number of nitrogens with two attached hydrogens (primary N) is 1. The van der Waals surface area contributed by atoms with Crippen molar-refractivity contribution in [1.82, 2.24) is 5.43 Å². The first-order valence-electron chi connectivity index (χ1n) is 3.85. The predicted octanol–water partition coefficient (Wildman–Crippen LogP) is 0.407. The first-order valence-corrected chi connectivity index (χ1v) is 3.85. The van der Waals surface area contributed by atoms with E-state index in [0.29, 0.717) is 12.1 Å². The molecule has 10 heavy (non-hydrogen) atoms. The second-order valence-corrected chi connectivity index (χ2v) is 2.88. The molecule has 0 aromatic heterocycles. The number of hydrogen-bond acceptors (Lipinski definition) is 3. The van der Waals surface area contributed by atoms with Gasteiger partial charge in [0.25, 0.3) is 0 Å². The zero-order chi connectivity index (χ0) is 7.40. The Bertz CT molecular complexity index is 77.6. The lowest BCUT2D eigenvalue weighted by Crippen LogP contribution is -2.39. The Balaban J connectivity index is 2.17. The Morgan fingerprint density at radius 1 is 1.30 bits per heavy atom. The molecule has 1 rings (SSSR count). The van der Waals surface area contributed by atoms with Gasteiger partial charge in [-0.15, -0.1) is 0 Å². The van der Waals surface area contributed by atoms with Crippen molar-refractivity contribution in [1.29, 1.82) is 0 Å². The number of methoxy groups -OCH3 is 1. The molecule has 0 bridgehead atoms. The Labute approximate surface area is 61.9 Å². The highest BCUT2D eigenvalue weighted by atomic mass is 16.5. The van der Waals surface area contributed by atoms with Gasteiger partial charge in [0.15, 0.2) is 0 Å². The third kappa shape index (κ3) is 1.94. The molecule has 0 aromatic carbocycles. The molecule has 0 radical (unpaired) electrons. The number of hydrogen-bond donors (Lipinski definition) is 2. The Morgan fingerprint density at radius 2 is 1.90 bits per heavy atom. The summed E-state index contributed by atoms with van der Waals surface area (Å²) in [6, 6.07) is 0.520. The summed E-state index contributed by atoms with van der Waals surface area (Å²) in [7, 11) is 1.78. The molecule has 0 aliphatic heterocycles. The van der Waals surface area contributed by atoms with Crippen LogP contribution in [0.4, 0.5) is 0 Å². The molecule has 3 nitrogen and oxygen atoms in total. The van der Waals surface area contributed by atoms with Gasteiger partial charge in [0, 0.05) is 13.2 Å². The fraction of sp³-hybridized carbons (Fsp3) is 1.00. The molecule has 1 aliphatic carbocycles. The van der Waals surface area contributed by atoms with E-state index in [4.69, 9.17) is 10.6 Å². The summed E-state index contributed by atoms with van der Waals surface area (Å²) >= 11 is 0. The van der Waals surface area contributed by atoms with Crippen molar-refractivity contribution < 1.29 is 4.74 Å². The lowest BCUT2D eigenvalue weighted by molar-refractivity contribution is 0.0626. The monoisotopic (exact) mass is 144 g/mol. The van der Waals surface area contributed by atoms with Crippen molar-refractivity contribution in [2.24, 2.45) is 5.84 Å². The molecular formula is C7H16N2O. The minimum atomic E-state index is 0.476. The number of ether oxygens (including phenoxy) is 1. The normalized spacial score (nSPS) is 34.2. The van der Waals surface area contributed by atoms with Gasteiger partial charge in [-0.1, -0.05) is 0 Å². The zero-order valence-corrected chi connectivity index (χ0v) is 6.47. The second kappa shape index (κ2) is 3.91. The average molecular weight is 144 g/mol. The minimum absolute atomic E-state index is 0.476. The van der Waals surface area contributed by atoms with Crippen LogP contribution in [0.25, 0.3) is 0 Å². The van der Waals surface area contributed by atoms with Crippen molar-refractivity contribution in [2.45, 2.75) is 37.8 Å². The lowest BCUT2D eigenvalue weighted by Gasteiger charge is -2.26. The van der Waals surface area contributed by atoms with Crippen LogP contribution in [-0.4, -0.2) is 19.3 Å². The Hall–Kier alpha value is -0.120. The highest BCUT2D eigenvalue weighted by Crippen LogP contribution is 2.19. The van der Waals surface area contributed by atoms with E-state index in [1.165, 1.54) is 0 Å². The Kier molecular flexibility index (Phi) is 3.12. The highest BCUT2D eigenvalue weighted by molar-refractivity contribution is 4.75. The van der Waals surface area contributed by atoms with Crippen molar-refractivity contribution in [2.75, 3.05) is 7.11 Å². The van der Waals surface area contributed by atoms with Crippen LogP contribution < -0.4 is 11.3 Å². The van der Waals surface area contributed by atoms with Crippen LogP contribution >= 0.6 is 0 Å². The van der Waals surface area contributed by atoms with E-state index in [1.54, 1.807) is 7.11 Å². The van der Waals surface area contributed by atoms with E-state index in [9.17, 15) is 0 Å². The number of nitrogens with one attached hydrogen (secondary N) is 1. The van der Waals surface area contributed by atoms with Crippen LogP contribution in [-0.2, 0) is 4.74 Å². The van der Waals surface area contributed by atoms with Crippen molar-refractivity contribution >= 4 is 0 Å². The molecule has 0 atom stereocenters. The summed E-state index contributed by atoms with van der Waals surface area (Å²) in [4.78, 5) is 0. The third-order valence-electron chi connectivity index (χ3n) is 2.24. The summed E-state index contributed by atoms with van der Waals surface area (Å²) in [5.74, 6) is 5.30. The van der Waals surface area contributed by atoms with Crippen molar-refractivity contribution in [3.05, 3.63) is 0 Å². The van der Waals surface area contributed by atoms with E-state index in [0.717, 1.165) is 25.7 Å². The van der Waals surface area contributed by atoms with Crippen LogP contribution in [0.15, 0.2) is 0 Å². The minimum Gasteiger partial charge on any atom is -0.381 e. The van der Waals surface area contributed by atoms with Crippen LogP contribution in [0.5, 0.6) is 0 Å². The molecule has 1 fully saturated rings. The second-order valence-electron chi connectivity index (χ2n) is 2.88.